The molecule has 2 N–H and O–H groups in total. The van der Waals surface area contributed by atoms with Crippen molar-refractivity contribution in [3.05, 3.63) is 125 Å². The van der Waals surface area contributed by atoms with Gasteiger partial charge in [-0.1, -0.05) is 42.5 Å². The Balaban J connectivity index is 1.35. The zero-order valence-electron chi connectivity index (χ0n) is 22.9. The standard InChI is InChI=1S/C34H27N5O3/c1-22-32(33(36)37-26-12-13-26)31(24-10-14-30(15-11-24)42-29-8-3-2-4-9-29)21-39(22)27-7-5-6-23(17-27)16-25(18-35)34(41)38-19-28(40)20-38/h2-17,21,28,36,40H,19-20H2,1H3. The number of nitriles is 1. The fourth-order valence-electron chi connectivity index (χ4n) is 4.88. The number of amidine groups is 1. The number of likely N-dealkylation sites (tertiary alicyclic amines) is 1. The number of aliphatic hydroxyl groups is 1. The Morgan fingerprint density at radius 1 is 1.02 bits per heavy atom. The molecule has 1 aromatic heterocycles. The number of carbonyl (C=O) groups excluding carboxylic acids is 1. The highest BCUT2D eigenvalue weighted by atomic mass is 16.5. The van der Waals surface area contributed by atoms with Crippen molar-refractivity contribution >= 4 is 17.8 Å². The van der Waals surface area contributed by atoms with Crippen molar-refractivity contribution < 1.29 is 14.6 Å². The first-order chi connectivity index (χ1) is 20.4. The van der Waals surface area contributed by atoms with Crippen molar-refractivity contribution in [1.29, 1.82) is 10.7 Å². The molecule has 1 aliphatic rings. The van der Waals surface area contributed by atoms with Crippen LogP contribution in [-0.4, -0.2) is 45.5 Å². The highest BCUT2D eigenvalue weighted by Gasteiger charge is 2.30. The van der Waals surface area contributed by atoms with Crippen LogP contribution in [0, 0.1) is 23.7 Å². The van der Waals surface area contributed by atoms with E-state index < -0.39 is 12.0 Å². The van der Waals surface area contributed by atoms with Crippen molar-refractivity contribution in [2.24, 2.45) is 4.99 Å². The highest BCUT2D eigenvalue weighted by Crippen LogP contribution is 2.33. The Hall–Kier alpha value is -5.52. The predicted molar refractivity (Wildman–Crippen MR) is 160 cm³/mol. The van der Waals surface area contributed by atoms with Crippen molar-refractivity contribution in [2.45, 2.75) is 13.0 Å². The maximum absolute atomic E-state index is 12.7. The second-order valence-electron chi connectivity index (χ2n) is 10.2. The molecule has 1 saturated heterocycles. The van der Waals surface area contributed by atoms with Crippen LogP contribution in [0.5, 0.6) is 11.5 Å². The van der Waals surface area contributed by atoms with Gasteiger partial charge in [0.15, 0.2) is 5.84 Å². The molecule has 0 bridgehead atoms. The van der Waals surface area contributed by atoms with Crippen LogP contribution in [0.15, 0.2) is 108 Å². The van der Waals surface area contributed by atoms with E-state index in [0.717, 1.165) is 33.6 Å². The van der Waals surface area contributed by atoms with Crippen LogP contribution < -0.4 is 10.1 Å². The van der Waals surface area contributed by atoms with Gasteiger partial charge >= 0.3 is 0 Å². The number of nitrogens with zero attached hydrogens (tertiary/aromatic N) is 4. The molecule has 4 aromatic carbocycles. The van der Waals surface area contributed by atoms with Gasteiger partial charge in [-0.3, -0.25) is 10.2 Å². The van der Waals surface area contributed by atoms with Gasteiger partial charge < -0.3 is 19.3 Å². The summed E-state index contributed by atoms with van der Waals surface area (Å²) in [5, 5.41) is 28.8. The molecule has 1 amide bonds. The lowest BCUT2D eigenvalue weighted by Crippen LogP contribution is -2.53. The van der Waals surface area contributed by atoms with Gasteiger partial charge in [0.25, 0.3) is 5.91 Å². The predicted octanol–water partition coefficient (Wildman–Crippen LogP) is 5.16. The molecule has 1 fully saturated rings. The normalized spacial score (nSPS) is 13.5. The number of hydrogen-bond acceptors (Lipinski definition) is 5. The van der Waals surface area contributed by atoms with E-state index in [1.54, 1.807) is 6.08 Å². The Labute approximate surface area is 242 Å². The molecule has 0 unspecified atom stereocenters. The van der Waals surface area contributed by atoms with Crippen molar-refractivity contribution in [3.63, 3.8) is 0 Å². The minimum atomic E-state index is -0.538. The molecule has 2 heterocycles. The number of aromatic nitrogens is 1. The van der Waals surface area contributed by atoms with E-state index in [-0.39, 0.29) is 24.5 Å². The number of benzene rings is 3. The SMILES string of the molecule is Cc1c(C(=N)N=c2cc2)c(-c2ccc(Oc3ccccc3)cc2)cn1-c1cccc(C=C(C#N)C(=O)N2CC(O)C2)c1. The minimum absolute atomic E-state index is 0.0111. The summed E-state index contributed by atoms with van der Waals surface area (Å²) < 4.78 is 7.95. The molecule has 1 aliphatic heterocycles. The molecule has 5 aromatic rings. The molecule has 0 spiro atoms. The summed E-state index contributed by atoms with van der Waals surface area (Å²) in [7, 11) is 0. The van der Waals surface area contributed by atoms with Gasteiger partial charge in [0.05, 0.1) is 11.5 Å². The molecule has 6 rings (SSSR count). The van der Waals surface area contributed by atoms with E-state index >= 15 is 0 Å². The van der Waals surface area contributed by atoms with Gasteiger partial charge in [-0.05, 0) is 72.7 Å². The Bertz CT molecular complexity index is 1870. The number of rotatable bonds is 7. The minimum Gasteiger partial charge on any atom is -0.457 e. The van der Waals surface area contributed by atoms with Crippen molar-refractivity contribution in [2.75, 3.05) is 13.1 Å². The first-order valence-corrected chi connectivity index (χ1v) is 13.5. The van der Waals surface area contributed by atoms with Crippen LogP contribution in [0.25, 0.3) is 22.9 Å². The van der Waals surface area contributed by atoms with E-state index in [2.05, 4.69) is 4.99 Å². The summed E-state index contributed by atoms with van der Waals surface area (Å²) in [5.74, 6) is 1.22. The first-order valence-electron chi connectivity index (χ1n) is 13.5. The Kier molecular flexibility index (Phi) is 7.09. The molecular weight excluding hydrogens is 526 g/mol. The number of amides is 1. The van der Waals surface area contributed by atoms with Gasteiger partial charge in [-0.2, -0.15) is 5.26 Å². The zero-order valence-corrected chi connectivity index (χ0v) is 22.9. The fraction of sp³-hybridized carbons (Fsp3) is 0.118. The molecule has 0 saturated carbocycles. The summed E-state index contributed by atoms with van der Waals surface area (Å²) in [6, 6.07) is 30.6. The lowest BCUT2D eigenvalue weighted by atomic mass is 10.0. The quantitative estimate of drug-likeness (QED) is 0.125. The number of nitrogens with one attached hydrogen (secondary N) is 1. The Morgan fingerprint density at radius 3 is 2.40 bits per heavy atom. The van der Waals surface area contributed by atoms with Crippen LogP contribution in [0.4, 0.5) is 0 Å². The fourth-order valence-corrected chi connectivity index (χ4v) is 4.88. The van der Waals surface area contributed by atoms with Gasteiger partial charge in [0.2, 0.25) is 0 Å². The molecule has 8 nitrogen and oxygen atoms in total. The monoisotopic (exact) mass is 553 g/mol. The summed E-state index contributed by atoms with van der Waals surface area (Å²) in [6.45, 7) is 2.41. The topological polar surface area (TPSA) is 115 Å². The third-order valence-corrected chi connectivity index (χ3v) is 7.15. The van der Waals surface area contributed by atoms with Crippen LogP contribution in [0.3, 0.4) is 0 Å². The maximum atomic E-state index is 12.7. The summed E-state index contributed by atoms with van der Waals surface area (Å²) in [5.41, 5.74) is 4.80. The average molecular weight is 554 g/mol. The maximum Gasteiger partial charge on any atom is 0.264 e. The van der Waals surface area contributed by atoms with Gasteiger partial charge in [0, 0.05) is 41.8 Å². The van der Waals surface area contributed by atoms with E-state index in [0.29, 0.717) is 16.9 Å². The number of ether oxygens (including phenoxy) is 1. The highest BCUT2D eigenvalue weighted by molar-refractivity contribution is 6.05. The Morgan fingerprint density at radius 2 is 1.74 bits per heavy atom. The van der Waals surface area contributed by atoms with Crippen molar-refractivity contribution in [1.82, 2.24) is 9.47 Å². The molecular formula is C34H27N5O3. The molecule has 0 aliphatic carbocycles. The summed E-state index contributed by atoms with van der Waals surface area (Å²) in [6.07, 6.45) is 3.01. The number of β-amino-alcohol motifs (C(OH)–C–C–N with tert-alkyl or cyclic N) is 1. The van der Waals surface area contributed by atoms with Gasteiger partial charge in [-0.15, -0.1) is 0 Å². The van der Waals surface area contributed by atoms with Crippen LogP contribution in [0.2, 0.25) is 0 Å². The number of para-hydroxylation sites is 1. The van der Waals surface area contributed by atoms with Crippen molar-refractivity contribution in [3.8, 4) is 34.4 Å². The molecule has 0 atom stereocenters. The lowest BCUT2D eigenvalue weighted by Gasteiger charge is -2.35. The molecule has 42 heavy (non-hydrogen) atoms. The third kappa shape index (κ3) is 5.55. The van der Waals surface area contributed by atoms with E-state index in [1.165, 1.54) is 4.90 Å². The largest absolute Gasteiger partial charge is 0.457 e. The number of aliphatic hydroxyl groups excluding tert-OH is 1. The summed E-state index contributed by atoms with van der Waals surface area (Å²) in [4.78, 5) is 18.6. The number of hydrogen-bond donors (Lipinski definition) is 2. The second-order valence-corrected chi connectivity index (χ2v) is 10.2. The first kappa shape index (κ1) is 26.7. The van der Waals surface area contributed by atoms with Crippen LogP contribution >= 0.6 is 0 Å². The average Bonchev–Trinajstić information content (AvgIpc) is 3.73. The third-order valence-electron chi connectivity index (χ3n) is 7.15. The molecule has 8 heteroatoms. The number of carbonyl (C=O) groups is 1. The molecule has 0 radical (unpaired) electrons. The smallest absolute Gasteiger partial charge is 0.264 e. The van der Waals surface area contributed by atoms with E-state index in [4.69, 9.17) is 10.1 Å². The molecule has 206 valence electrons. The van der Waals surface area contributed by atoms with Crippen LogP contribution in [-0.2, 0) is 4.79 Å². The zero-order chi connectivity index (χ0) is 29.2. The lowest BCUT2D eigenvalue weighted by molar-refractivity contribution is -0.136. The van der Waals surface area contributed by atoms with Crippen LogP contribution in [0.1, 0.15) is 16.8 Å². The van der Waals surface area contributed by atoms with E-state index in [1.807, 2.05) is 115 Å². The van der Waals surface area contributed by atoms with Gasteiger partial charge in [0.1, 0.15) is 23.1 Å². The second kappa shape index (κ2) is 11.2. The summed E-state index contributed by atoms with van der Waals surface area (Å²) >= 11 is 0. The van der Waals surface area contributed by atoms with Gasteiger partial charge in [-0.25, -0.2) is 4.99 Å². The van der Waals surface area contributed by atoms with E-state index in [9.17, 15) is 15.2 Å².